The zero-order valence-corrected chi connectivity index (χ0v) is 26.4. The summed E-state index contributed by atoms with van der Waals surface area (Å²) >= 11 is 1.33. The molecule has 50 heavy (non-hydrogen) atoms. The van der Waals surface area contributed by atoms with Crippen LogP contribution in [0, 0.1) is 0 Å². The maximum absolute atomic E-state index is 9.51. The van der Waals surface area contributed by atoms with Crippen LogP contribution < -0.4 is 0 Å². The van der Waals surface area contributed by atoms with Crippen molar-refractivity contribution < 1.29 is 35.6 Å². The summed E-state index contributed by atoms with van der Waals surface area (Å²) in [6, 6.07) is -18.6. The lowest BCUT2D eigenvalue weighted by atomic mass is 9.99. The number of rotatable bonds is 5. The van der Waals surface area contributed by atoms with E-state index in [0.717, 1.165) is 6.07 Å². The third-order valence-corrected chi connectivity index (χ3v) is 9.80. The van der Waals surface area contributed by atoms with Gasteiger partial charge in [-0.1, -0.05) is 145 Å². The van der Waals surface area contributed by atoms with Gasteiger partial charge in [-0.3, -0.25) is 0 Å². The van der Waals surface area contributed by atoms with Gasteiger partial charge >= 0.3 is 0 Å². The fourth-order valence-electron chi connectivity index (χ4n) is 5.35. The van der Waals surface area contributed by atoms with Crippen LogP contribution in [0.4, 0.5) is 0 Å². The van der Waals surface area contributed by atoms with E-state index >= 15 is 0 Å². The van der Waals surface area contributed by atoms with Crippen LogP contribution in [0.25, 0.3) is 96.8 Å². The second-order valence-corrected chi connectivity index (χ2v) is 12.4. The van der Waals surface area contributed by atoms with Gasteiger partial charge in [-0.05, 0) is 40.4 Å². The van der Waals surface area contributed by atoms with Gasteiger partial charge in [0.2, 0.25) is 0 Å². The molecule has 5 heteroatoms. The van der Waals surface area contributed by atoms with Crippen molar-refractivity contribution in [3.63, 3.8) is 0 Å². The second-order valence-electron chi connectivity index (χ2n) is 10.4. The average Bonchev–Trinajstić information content (AvgIpc) is 4.08. The molecule has 0 bridgehead atoms. The van der Waals surface area contributed by atoms with E-state index in [1.165, 1.54) is 0 Å². The largest absolute Gasteiger partial charge is 0.208 e. The van der Waals surface area contributed by atoms with Crippen molar-refractivity contribution in [3.05, 3.63) is 163 Å². The molecule has 0 fully saturated rings. The molecule has 0 aliphatic heterocycles. The van der Waals surface area contributed by atoms with E-state index in [0.29, 0.717) is 22.7 Å². The lowest BCUT2D eigenvalue weighted by molar-refractivity contribution is 1.08. The summed E-state index contributed by atoms with van der Waals surface area (Å²) in [6.45, 7) is 0. The van der Waals surface area contributed by atoms with E-state index < -0.39 is 214 Å². The molecule has 0 N–H and O–H groups in total. The van der Waals surface area contributed by atoms with E-state index in [4.69, 9.17) is 27.4 Å². The van der Waals surface area contributed by atoms with Gasteiger partial charge in [-0.25, -0.2) is 15.0 Å². The Morgan fingerprint density at radius 2 is 0.840 bits per heavy atom. The zero-order valence-electron chi connectivity index (χ0n) is 50.7. The monoisotopic (exact) mass is 699 g/mol. The molecule has 0 radical (unpaired) electrons. The maximum atomic E-state index is 9.51. The van der Waals surface area contributed by atoms with Crippen LogP contribution in [0.15, 0.2) is 163 Å². The van der Waals surface area contributed by atoms with Crippen LogP contribution >= 0.6 is 22.7 Å². The number of thiophene rings is 2. The molecule has 10 aromatic rings. The van der Waals surface area contributed by atoms with Crippen LogP contribution in [0.2, 0.25) is 0 Å². The van der Waals surface area contributed by atoms with Gasteiger partial charge in [0.15, 0.2) is 17.5 Å². The Labute approximate surface area is 333 Å². The fourth-order valence-corrected chi connectivity index (χ4v) is 7.48. The minimum atomic E-state index is -0.963. The molecular formula is C45H27N3S2. The molecule has 7 aromatic carbocycles. The van der Waals surface area contributed by atoms with E-state index in [1.807, 2.05) is 0 Å². The number of nitrogens with zero attached hydrogens (tertiary/aromatic N) is 3. The Hall–Kier alpha value is -6.01. The highest BCUT2D eigenvalue weighted by Gasteiger charge is 2.19. The highest BCUT2D eigenvalue weighted by atomic mass is 32.1. The van der Waals surface area contributed by atoms with Crippen molar-refractivity contribution in [2.24, 2.45) is 0 Å². The van der Waals surface area contributed by atoms with Gasteiger partial charge in [0.1, 0.15) is 0 Å². The van der Waals surface area contributed by atoms with Gasteiger partial charge in [-0.2, -0.15) is 0 Å². The van der Waals surface area contributed by atoms with Gasteiger partial charge < -0.3 is 0 Å². The highest BCUT2D eigenvalue weighted by Crippen LogP contribution is 2.42. The summed E-state index contributed by atoms with van der Waals surface area (Å²) in [4.78, 5) is 13.5. The first-order chi connectivity index (χ1) is 35.6. The van der Waals surface area contributed by atoms with Crippen molar-refractivity contribution in [3.8, 4) is 56.4 Å². The number of benzene rings is 7. The molecule has 0 aliphatic rings. The number of hydrogen-bond donors (Lipinski definition) is 0. The quantitative estimate of drug-likeness (QED) is 0.179. The Morgan fingerprint density at radius 1 is 0.340 bits per heavy atom. The first-order valence-corrected chi connectivity index (χ1v) is 16.1. The fraction of sp³-hybridized carbons (Fsp3) is 0. The molecule has 0 atom stereocenters. The van der Waals surface area contributed by atoms with Crippen LogP contribution in [0.3, 0.4) is 0 Å². The first-order valence-electron chi connectivity index (χ1n) is 27.5. The van der Waals surface area contributed by atoms with Gasteiger partial charge in [0.05, 0.1) is 35.6 Å². The lowest BCUT2D eigenvalue weighted by Gasteiger charge is -2.12. The summed E-state index contributed by atoms with van der Waals surface area (Å²) in [5.74, 6) is -2.31. The van der Waals surface area contributed by atoms with Gasteiger partial charge in [-0.15, -0.1) is 22.7 Å². The van der Waals surface area contributed by atoms with Crippen LogP contribution in [-0.2, 0) is 0 Å². The molecule has 0 spiro atoms. The third-order valence-electron chi connectivity index (χ3n) is 7.56. The van der Waals surface area contributed by atoms with Gasteiger partial charge in [0, 0.05) is 57.0 Å². The lowest BCUT2D eigenvalue weighted by Crippen LogP contribution is -2.01. The van der Waals surface area contributed by atoms with Crippen molar-refractivity contribution in [1.29, 1.82) is 0 Å². The van der Waals surface area contributed by atoms with Crippen LogP contribution in [-0.4, -0.2) is 15.0 Å². The standard InChI is InChI=1S/C45H27N3S2/c1-2-12-28(13-3-1)31-14-4-5-17-37(31)44-46-43(47-45(48-44)38-21-11-20-36-34-16-7-9-23-40(34)50-42(36)38)30-26-24-29(25-27-30)32-18-10-19-35-33-15-6-8-22-39(33)49-41(32)35/h1-27H/i1D,2D,3D,4D,5D,6D,7D,8D,9D,10D,11D,12D,14D,15D,16D,17D,18D,19D,20D,21D,22D,23D,24D,25D,26D,27D. The summed E-state index contributed by atoms with van der Waals surface area (Å²) in [5.41, 5.74) is -4.04. The smallest absolute Gasteiger partial charge is 0.165 e. The summed E-state index contributed by atoms with van der Waals surface area (Å²) in [7, 11) is 0. The number of fused-ring (bicyclic) bond motifs is 6. The van der Waals surface area contributed by atoms with Crippen LogP contribution in [0.1, 0.15) is 35.6 Å². The SMILES string of the molecule is [2H]c1cc(-c2c([2H])c([2H])c([2H])c([2H])c2-c2nc(-c3c([2H])c([2H])c(-c4c([2H])c([2H])c([2H])c5c4sc4c([2H])c([2H])c([2H])c([2H])c45)c([2H])c3[2H])nc(-c3c([2H])c([2H])c([2H])c4c3sc3c([2H])c([2H])c([2H])c([2H])c34)n2)c([2H])c([2H])c1[2H]. The van der Waals surface area contributed by atoms with E-state index in [2.05, 4.69) is 15.0 Å². The average molecular weight is 700 g/mol. The highest BCUT2D eigenvalue weighted by molar-refractivity contribution is 7.26. The normalized spacial score (nSPS) is 18.9. The molecule has 3 aromatic heterocycles. The molecular weight excluding hydrogens is 647 g/mol. The predicted octanol–water partition coefficient (Wildman–Crippen LogP) is 12.9. The number of aromatic nitrogens is 3. The summed E-state index contributed by atoms with van der Waals surface area (Å²) < 4.78 is 229. The van der Waals surface area contributed by atoms with Crippen molar-refractivity contribution in [2.45, 2.75) is 0 Å². The molecule has 3 nitrogen and oxygen atoms in total. The zero-order chi connectivity index (χ0) is 55.6. The number of hydrogen-bond acceptors (Lipinski definition) is 5. The summed E-state index contributed by atoms with van der Waals surface area (Å²) in [6.07, 6.45) is 0. The summed E-state index contributed by atoms with van der Waals surface area (Å²) in [5, 5.41) is -0.855. The molecule has 10 rings (SSSR count). The Bertz CT molecular complexity index is 4350. The van der Waals surface area contributed by atoms with E-state index in [1.54, 1.807) is 0 Å². The minimum absolute atomic E-state index is 0.0869. The van der Waals surface area contributed by atoms with Gasteiger partial charge in [0.25, 0.3) is 0 Å². The molecule has 0 unspecified atom stereocenters. The maximum Gasteiger partial charge on any atom is 0.165 e. The molecule has 0 aliphatic carbocycles. The third kappa shape index (κ3) is 4.82. The molecule has 0 saturated heterocycles. The Kier molecular flexibility index (Phi) is 3.09. The Morgan fingerprint density at radius 3 is 1.56 bits per heavy atom. The topological polar surface area (TPSA) is 38.7 Å². The van der Waals surface area contributed by atoms with Crippen molar-refractivity contribution >= 4 is 63.0 Å². The minimum Gasteiger partial charge on any atom is -0.208 e. The van der Waals surface area contributed by atoms with E-state index in [9.17, 15) is 8.22 Å². The Balaban J connectivity index is 1.37. The predicted molar refractivity (Wildman–Crippen MR) is 213 cm³/mol. The van der Waals surface area contributed by atoms with Crippen molar-refractivity contribution in [1.82, 2.24) is 15.0 Å². The van der Waals surface area contributed by atoms with Crippen LogP contribution in [0.5, 0.6) is 0 Å². The van der Waals surface area contributed by atoms with Crippen molar-refractivity contribution in [2.75, 3.05) is 0 Å². The molecule has 0 amide bonds. The second kappa shape index (κ2) is 11.8. The molecule has 234 valence electrons. The molecule has 3 heterocycles. The molecule has 0 saturated carbocycles. The van der Waals surface area contributed by atoms with E-state index in [-0.39, 0.29) is 40.3 Å². The first kappa shape index (κ1) is 13.0.